The van der Waals surface area contributed by atoms with Gasteiger partial charge in [-0.2, -0.15) is 0 Å². The van der Waals surface area contributed by atoms with Crippen molar-refractivity contribution in [2.45, 2.75) is 32.4 Å². The van der Waals surface area contributed by atoms with Gasteiger partial charge < -0.3 is 15.5 Å². The lowest BCUT2D eigenvalue weighted by atomic mass is 9.64. The number of carbonyl (C=O) groups is 1. The number of rotatable bonds is 4. The first-order valence-electron chi connectivity index (χ1n) is 6.30. The van der Waals surface area contributed by atoms with Crippen LogP contribution in [0.2, 0.25) is 0 Å². The van der Waals surface area contributed by atoms with Gasteiger partial charge in [0, 0.05) is 11.5 Å². The van der Waals surface area contributed by atoms with E-state index < -0.39 is 39.5 Å². The molecule has 0 aliphatic heterocycles. The lowest BCUT2D eigenvalue weighted by molar-refractivity contribution is -0.384. The van der Waals surface area contributed by atoms with Crippen LogP contribution in [0.1, 0.15) is 30.6 Å². The third-order valence-electron chi connectivity index (χ3n) is 4.06. The zero-order chi connectivity index (χ0) is 15.9. The van der Waals surface area contributed by atoms with Crippen LogP contribution in [0.25, 0.3) is 0 Å². The normalized spacial score (nSPS) is 23.2. The fourth-order valence-corrected chi connectivity index (χ4v) is 2.33. The van der Waals surface area contributed by atoms with Crippen molar-refractivity contribution in [1.82, 2.24) is 0 Å². The Morgan fingerprint density at radius 3 is 2.57 bits per heavy atom. The Morgan fingerprint density at radius 1 is 1.52 bits per heavy atom. The van der Waals surface area contributed by atoms with Gasteiger partial charge in [0.15, 0.2) is 0 Å². The maximum atomic E-state index is 13.5. The van der Waals surface area contributed by atoms with Gasteiger partial charge in [0.05, 0.1) is 22.7 Å². The molecule has 7 nitrogen and oxygen atoms in total. The Kier molecular flexibility index (Phi) is 3.58. The minimum absolute atomic E-state index is 0.0659. The SMILES string of the molecule is CC1(C)C(O)CC1Nc1cc(C(=O)O)c(F)cc1[N+](=O)[O-]. The molecule has 21 heavy (non-hydrogen) atoms. The third-order valence-corrected chi connectivity index (χ3v) is 4.06. The Hall–Kier alpha value is -2.22. The Labute approximate surface area is 119 Å². The van der Waals surface area contributed by atoms with Crippen LogP contribution in [0.5, 0.6) is 0 Å². The van der Waals surface area contributed by atoms with Crippen molar-refractivity contribution >= 4 is 17.3 Å². The lowest BCUT2D eigenvalue weighted by Crippen LogP contribution is -2.56. The number of nitrogens with one attached hydrogen (secondary N) is 1. The molecule has 2 atom stereocenters. The molecular formula is C13H15FN2O5. The molecule has 1 aliphatic carbocycles. The van der Waals surface area contributed by atoms with E-state index >= 15 is 0 Å². The first-order chi connectivity index (χ1) is 9.64. The fraction of sp³-hybridized carbons (Fsp3) is 0.462. The number of aliphatic hydroxyl groups excluding tert-OH is 1. The summed E-state index contributed by atoms with van der Waals surface area (Å²) in [5.41, 5.74) is -1.75. The first-order valence-corrected chi connectivity index (χ1v) is 6.30. The molecule has 2 unspecified atom stereocenters. The predicted octanol–water partition coefficient (Wildman–Crippen LogP) is 2.00. The number of carboxylic acids is 1. The van der Waals surface area contributed by atoms with Gasteiger partial charge in [0.25, 0.3) is 5.69 Å². The van der Waals surface area contributed by atoms with Crippen molar-refractivity contribution in [1.29, 1.82) is 0 Å². The molecule has 2 rings (SSSR count). The van der Waals surface area contributed by atoms with Crippen molar-refractivity contribution in [3.8, 4) is 0 Å². The number of nitrogens with zero attached hydrogens (tertiary/aromatic N) is 1. The Balaban J connectivity index is 2.39. The summed E-state index contributed by atoms with van der Waals surface area (Å²) in [4.78, 5) is 21.1. The van der Waals surface area contributed by atoms with Gasteiger partial charge in [-0.3, -0.25) is 10.1 Å². The number of aromatic carboxylic acids is 1. The maximum absolute atomic E-state index is 13.5. The molecule has 3 N–H and O–H groups in total. The fourth-order valence-electron chi connectivity index (χ4n) is 2.33. The number of anilines is 1. The van der Waals surface area contributed by atoms with Gasteiger partial charge in [0.1, 0.15) is 11.5 Å². The summed E-state index contributed by atoms with van der Waals surface area (Å²) >= 11 is 0. The summed E-state index contributed by atoms with van der Waals surface area (Å²) in [6, 6.07) is 1.24. The highest BCUT2D eigenvalue weighted by Gasteiger charge is 2.47. The predicted molar refractivity (Wildman–Crippen MR) is 71.8 cm³/mol. The molecule has 1 aliphatic rings. The topological polar surface area (TPSA) is 113 Å². The Bertz CT molecular complexity index is 617. The van der Waals surface area contributed by atoms with Crippen molar-refractivity contribution in [2.75, 3.05) is 5.32 Å². The smallest absolute Gasteiger partial charge is 0.338 e. The quantitative estimate of drug-likeness (QED) is 0.579. The minimum Gasteiger partial charge on any atom is -0.478 e. The summed E-state index contributed by atoms with van der Waals surface area (Å²) in [5, 5.41) is 32.4. The van der Waals surface area contributed by atoms with Gasteiger partial charge in [-0.05, 0) is 12.5 Å². The average molecular weight is 298 g/mol. The van der Waals surface area contributed by atoms with Crippen LogP contribution in [0.15, 0.2) is 12.1 Å². The van der Waals surface area contributed by atoms with Crippen LogP contribution in [0.4, 0.5) is 15.8 Å². The molecule has 1 saturated carbocycles. The van der Waals surface area contributed by atoms with Crippen LogP contribution < -0.4 is 5.32 Å². The second-order valence-electron chi connectivity index (χ2n) is 5.68. The minimum atomic E-state index is -1.50. The molecule has 0 bridgehead atoms. The van der Waals surface area contributed by atoms with Crippen molar-refractivity contribution in [3.05, 3.63) is 33.6 Å². The van der Waals surface area contributed by atoms with Gasteiger partial charge in [-0.25, -0.2) is 9.18 Å². The van der Waals surface area contributed by atoms with Crippen LogP contribution >= 0.6 is 0 Å². The zero-order valence-corrected chi connectivity index (χ0v) is 11.5. The van der Waals surface area contributed by atoms with Crippen molar-refractivity contribution < 1.29 is 24.3 Å². The highest BCUT2D eigenvalue weighted by molar-refractivity contribution is 5.90. The van der Waals surface area contributed by atoms with Crippen LogP contribution in [-0.4, -0.2) is 33.3 Å². The van der Waals surface area contributed by atoms with E-state index in [9.17, 15) is 24.4 Å². The number of halogens is 1. The van der Waals surface area contributed by atoms with E-state index in [1.54, 1.807) is 13.8 Å². The monoisotopic (exact) mass is 298 g/mol. The summed E-state index contributed by atoms with van der Waals surface area (Å²) < 4.78 is 13.5. The molecule has 0 heterocycles. The molecule has 114 valence electrons. The van der Waals surface area contributed by atoms with E-state index in [0.29, 0.717) is 12.5 Å². The van der Waals surface area contributed by atoms with Crippen LogP contribution in [-0.2, 0) is 0 Å². The van der Waals surface area contributed by atoms with Gasteiger partial charge in [0.2, 0.25) is 0 Å². The van der Waals surface area contributed by atoms with E-state index in [0.717, 1.165) is 6.07 Å². The van der Waals surface area contributed by atoms with Crippen molar-refractivity contribution in [2.24, 2.45) is 5.41 Å². The molecule has 0 spiro atoms. The second kappa shape index (κ2) is 4.96. The highest BCUT2D eigenvalue weighted by atomic mass is 19.1. The van der Waals surface area contributed by atoms with E-state index in [1.807, 2.05) is 0 Å². The molecule has 0 saturated heterocycles. The van der Waals surface area contributed by atoms with Crippen LogP contribution in [0, 0.1) is 21.3 Å². The molecule has 1 aromatic carbocycles. The summed E-state index contributed by atoms with van der Waals surface area (Å²) in [7, 11) is 0. The number of hydrogen-bond acceptors (Lipinski definition) is 5. The number of nitro groups is 1. The van der Waals surface area contributed by atoms with Gasteiger partial charge in [-0.15, -0.1) is 0 Å². The van der Waals surface area contributed by atoms with Gasteiger partial charge in [-0.1, -0.05) is 13.8 Å². The van der Waals surface area contributed by atoms with E-state index in [-0.39, 0.29) is 11.7 Å². The number of aliphatic hydroxyl groups is 1. The summed E-state index contributed by atoms with van der Waals surface area (Å²) in [6.07, 6.45) is -0.169. The molecule has 1 fully saturated rings. The van der Waals surface area contributed by atoms with E-state index in [1.165, 1.54) is 0 Å². The molecular weight excluding hydrogens is 283 g/mol. The zero-order valence-electron chi connectivity index (χ0n) is 11.5. The van der Waals surface area contributed by atoms with E-state index in [4.69, 9.17) is 5.11 Å². The number of benzene rings is 1. The first kappa shape index (κ1) is 15.2. The third kappa shape index (κ3) is 2.54. The second-order valence-corrected chi connectivity index (χ2v) is 5.68. The number of carboxylic acid groups (broad SMARTS) is 1. The van der Waals surface area contributed by atoms with Crippen LogP contribution in [0.3, 0.4) is 0 Å². The van der Waals surface area contributed by atoms with E-state index in [2.05, 4.69) is 5.32 Å². The lowest BCUT2D eigenvalue weighted by Gasteiger charge is -2.49. The highest BCUT2D eigenvalue weighted by Crippen LogP contribution is 2.43. The molecule has 8 heteroatoms. The van der Waals surface area contributed by atoms with Gasteiger partial charge >= 0.3 is 5.97 Å². The van der Waals surface area contributed by atoms with Crippen molar-refractivity contribution in [3.63, 3.8) is 0 Å². The molecule has 0 amide bonds. The summed E-state index contributed by atoms with van der Waals surface area (Å²) in [6.45, 7) is 3.57. The Morgan fingerprint density at radius 2 is 2.14 bits per heavy atom. The molecule has 0 radical (unpaired) electrons. The largest absolute Gasteiger partial charge is 0.478 e. The number of nitro benzene ring substituents is 1. The molecule has 0 aromatic heterocycles. The standard InChI is InChI=1S/C13H15FN2O5/c1-13(2)10(5-11(13)17)15-8-3-6(12(18)19)7(14)4-9(8)16(20)21/h3-4,10-11,15,17H,5H2,1-2H3,(H,18,19). The maximum Gasteiger partial charge on any atom is 0.338 e. The summed E-state index contributed by atoms with van der Waals surface area (Å²) in [5.74, 6) is -2.66. The number of hydrogen-bond donors (Lipinski definition) is 3. The average Bonchev–Trinajstić information content (AvgIpc) is 2.39. The molecule has 1 aromatic rings.